The third-order valence-corrected chi connectivity index (χ3v) is 4.36. The number of β-amino-alcohol motifs (C(OH)–C–C–N with tert-alkyl or cyclic N) is 1. The number of thioether (sulfide) groups is 1. The van der Waals surface area contributed by atoms with Gasteiger partial charge < -0.3 is 10.0 Å². The predicted molar refractivity (Wildman–Crippen MR) is 79.4 cm³/mol. The van der Waals surface area contributed by atoms with Gasteiger partial charge in [0, 0.05) is 23.9 Å². The first-order chi connectivity index (χ1) is 9.15. The smallest absolute Gasteiger partial charge is 0.232 e. The van der Waals surface area contributed by atoms with Gasteiger partial charge in [-0.05, 0) is 30.5 Å². The fraction of sp³-hybridized carbons (Fsp3) is 0.500. The molecule has 0 radical (unpaired) electrons. The molecule has 0 spiro atoms. The molecule has 1 N–H and O–H groups in total. The fourth-order valence-corrected chi connectivity index (χ4v) is 3.24. The number of likely N-dealkylation sites (tertiary alicyclic amines) is 1. The van der Waals surface area contributed by atoms with Crippen LogP contribution in [0.2, 0.25) is 5.02 Å². The highest BCUT2D eigenvalue weighted by atomic mass is 35.5. The molecule has 2 rings (SSSR count). The van der Waals surface area contributed by atoms with Crippen molar-refractivity contribution < 1.29 is 9.90 Å². The Bertz CT molecular complexity index is 441. The second kappa shape index (κ2) is 7.17. The lowest BCUT2D eigenvalue weighted by Gasteiger charge is -2.30. The Balaban J connectivity index is 1.74. The van der Waals surface area contributed by atoms with E-state index >= 15 is 0 Å². The number of hydrogen-bond acceptors (Lipinski definition) is 3. The Labute approximate surface area is 122 Å². The van der Waals surface area contributed by atoms with Gasteiger partial charge in [-0.2, -0.15) is 0 Å². The number of piperidine rings is 1. The Kier molecular flexibility index (Phi) is 5.55. The normalized spacial score (nSPS) is 19.5. The molecule has 1 aromatic rings. The molecule has 0 unspecified atom stereocenters. The van der Waals surface area contributed by atoms with Gasteiger partial charge in [0.05, 0.1) is 11.9 Å². The zero-order chi connectivity index (χ0) is 13.7. The molecule has 1 aliphatic heterocycles. The van der Waals surface area contributed by atoms with Crippen molar-refractivity contribution in [3.05, 3.63) is 34.9 Å². The topological polar surface area (TPSA) is 40.5 Å². The average Bonchev–Trinajstić information content (AvgIpc) is 2.38. The number of benzene rings is 1. The third-order valence-electron chi connectivity index (χ3n) is 3.13. The van der Waals surface area contributed by atoms with E-state index in [0.717, 1.165) is 35.7 Å². The van der Waals surface area contributed by atoms with E-state index in [4.69, 9.17) is 11.6 Å². The number of halogens is 1. The summed E-state index contributed by atoms with van der Waals surface area (Å²) < 4.78 is 0. The molecular formula is C14H18ClNO2S. The summed E-state index contributed by atoms with van der Waals surface area (Å²) in [6, 6.07) is 7.69. The van der Waals surface area contributed by atoms with Crippen LogP contribution in [-0.2, 0) is 10.5 Å². The van der Waals surface area contributed by atoms with Crippen molar-refractivity contribution in [2.45, 2.75) is 24.7 Å². The van der Waals surface area contributed by atoms with Gasteiger partial charge in [-0.25, -0.2) is 0 Å². The van der Waals surface area contributed by atoms with Crippen LogP contribution in [0.5, 0.6) is 0 Å². The first kappa shape index (κ1) is 14.7. The van der Waals surface area contributed by atoms with Crippen LogP contribution < -0.4 is 0 Å². The largest absolute Gasteiger partial charge is 0.391 e. The number of hydrogen-bond donors (Lipinski definition) is 1. The minimum atomic E-state index is -0.351. The second-order valence-corrected chi connectivity index (χ2v) is 6.18. The summed E-state index contributed by atoms with van der Waals surface area (Å²) in [6.45, 7) is 1.25. The number of aliphatic hydroxyl groups is 1. The van der Waals surface area contributed by atoms with Crippen molar-refractivity contribution >= 4 is 29.3 Å². The number of aliphatic hydroxyl groups excluding tert-OH is 1. The van der Waals surface area contributed by atoms with E-state index in [1.165, 1.54) is 0 Å². The maximum Gasteiger partial charge on any atom is 0.232 e. The number of carbonyl (C=O) groups excluding carboxylic acids is 1. The van der Waals surface area contributed by atoms with Crippen LogP contribution in [0.4, 0.5) is 0 Å². The molecule has 1 amide bonds. The highest BCUT2D eigenvalue weighted by molar-refractivity contribution is 7.99. The average molecular weight is 300 g/mol. The summed E-state index contributed by atoms with van der Waals surface area (Å²) in [5, 5.41) is 10.3. The summed E-state index contributed by atoms with van der Waals surface area (Å²) in [5.74, 6) is 1.35. The summed E-state index contributed by atoms with van der Waals surface area (Å²) in [5.41, 5.74) is 1.13. The van der Waals surface area contributed by atoms with Crippen LogP contribution >= 0.6 is 23.4 Å². The van der Waals surface area contributed by atoms with Gasteiger partial charge in [0.2, 0.25) is 5.91 Å². The predicted octanol–water partition coefficient (Wildman–Crippen LogP) is 2.56. The summed E-state index contributed by atoms with van der Waals surface area (Å²) in [6.07, 6.45) is 1.35. The van der Waals surface area contributed by atoms with Crippen LogP contribution in [0.15, 0.2) is 24.3 Å². The minimum Gasteiger partial charge on any atom is -0.391 e. The van der Waals surface area contributed by atoms with Crippen molar-refractivity contribution in [2.24, 2.45) is 0 Å². The highest BCUT2D eigenvalue weighted by Gasteiger charge is 2.21. The molecule has 0 aliphatic carbocycles. The number of rotatable bonds is 4. The summed E-state index contributed by atoms with van der Waals surface area (Å²) >= 11 is 7.50. The zero-order valence-corrected chi connectivity index (χ0v) is 12.3. The molecule has 1 heterocycles. The Morgan fingerprint density at radius 2 is 2.37 bits per heavy atom. The van der Waals surface area contributed by atoms with Gasteiger partial charge >= 0.3 is 0 Å². The molecule has 1 aliphatic rings. The van der Waals surface area contributed by atoms with Gasteiger partial charge in [0.25, 0.3) is 0 Å². The third kappa shape index (κ3) is 4.71. The molecule has 19 heavy (non-hydrogen) atoms. The molecule has 5 heteroatoms. The zero-order valence-electron chi connectivity index (χ0n) is 10.7. The van der Waals surface area contributed by atoms with Crippen LogP contribution in [0.1, 0.15) is 18.4 Å². The van der Waals surface area contributed by atoms with Gasteiger partial charge in [-0.1, -0.05) is 23.7 Å². The van der Waals surface area contributed by atoms with E-state index < -0.39 is 0 Å². The molecule has 1 aromatic carbocycles. The van der Waals surface area contributed by atoms with Crippen molar-refractivity contribution in [3.63, 3.8) is 0 Å². The molecule has 1 fully saturated rings. The van der Waals surface area contributed by atoms with E-state index in [2.05, 4.69) is 0 Å². The second-order valence-electron chi connectivity index (χ2n) is 4.76. The van der Waals surface area contributed by atoms with Gasteiger partial charge in [-0.15, -0.1) is 11.8 Å². The lowest BCUT2D eigenvalue weighted by molar-refractivity contribution is -0.131. The molecule has 104 valence electrons. The molecule has 0 aromatic heterocycles. The van der Waals surface area contributed by atoms with Crippen molar-refractivity contribution in [1.29, 1.82) is 0 Å². The highest BCUT2D eigenvalue weighted by Crippen LogP contribution is 2.18. The number of amides is 1. The quantitative estimate of drug-likeness (QED) is 0.929. The summed E-state index contributed by atoms with van der Waals surface area (Å²) in [7, 11) is 0. The minimum absolute atomic E-state index is 0.116. The molecule has 1 atom stereocenters. The number of nitrogens with zero attached hydrogens (tertiary/aromatic N) is 1. The monoisotopic (exact) mass is 299 g/mol. The maximum atomic E-state index is 12.0. The van der Waals surface area contributed by atoms with E-state index in [1.54, 1.807) is 16.7 Å². The lowest BCUT2D eigenvalue weighted by Crippen LogP contribution is -2.43. The number of carbonyl (C=O) groups is 1. The van der Waals surface area contributed by atoms with Crippen LogP contribution in [0.25, 0.3) is 0 Å². The van der Waals surface area contributed by atoms with E-state index in [0.29, 0.717) is 12.3 Å². The van der Waals surface area contributed by atoms with E-state index in [-0.39, 0.29) is 12.0 Å². The molecular weight excluding hydrogens is 282 g/mol. The Morgan fingerprint density at radius 1 is 1.53 bits per heavy atom. The van der Waals surface area contributed by atoms with Crippen molar-refractivity contribution in [3.8, 4) is 0 Å². The molecule has 3 nitrogen and oxygen atoms in total. The standard InChI is InChI=1S/C14H18ClNO2S/c15-12-4-1-3-11(7-12)9-19-10-14(18)16-6-2-5-13(17)8-16/h1,3-4,7,13,17H,2,5-6,8-10H2/t13-/m0/s1. The SMILES string of the molecule is O=C(CSCc1cccc(Cl)c1)N1CCC[C@H](O)C1. The fourth-order valence-electron chi connectivity index (χ4n) is 2.16. The summed E-state index contributed by atoms with van der Waals surface area (Å²) in [4.78, 5) is 13.7. The van der Waals surface area contributed by atoms with Crippen LogP contribution in [-0.4, -0.2) is 40.9 Å². The Morgan fingerprint density at radius 3 is 3.11 bits per heavy atom. The van der Waals surface area contributed by atoms with Gasteiger partial charge in [0.15, 0.2) is 0 Å². The van der Waals surface area contributed by atoms with E-state index in [1.807, 2.05) is 24.3 Å². The lowest BCUT2D eigenvalue weighted by atomic mass is 10.1. The van der Waals surface area contributed by atoms with Gasteiger partial charge in [-0.3, -0.25) is 4.79 Å². The van der Waals surface area contributed by atoms with Crippen molar-refractivity contribution in [2.75, 3.05) is 18.8 Å². The Hall–Kier alpha value is -0.710. The maximum absolute atomic E-state index is 12.0. The molecule has 0 bridgehead atoms. The molecule has 1 saturated heterocycles. The van der Waals surface area contributed by atoms with Crippen LogP contribution in [0.3, 0.4) is 0 Å². The van der Waals surface area contributed by atoms with Crippen molar-refractivity contribution in [1.82, 2.24) is 4.90 Å². The van der Waals surface area contributed by atoms with E-state index in [9.17, 15) is 9.90 Å². The van der Waals surface area contributed by atoms with Gasteiger partial charge in [0.1, 0.15) is 0 Å². The first-order valence-corrected chi connectivity index (χ1v) is 7.96. The van der Waals surface area contributed by atoms with Crippen LogP contribution in [0, 0.1) is 0 Å². The first-order valence-electron chi connectivity index (χ1n) is 6.43. The molecule has 0 saturated carbocycles.